The van der Waals surface area contributed by atoms with Crippen molar-refractivity contribution >= 4 is 21.6 Å². The minimum absolute atomic E-state index is 0.190. The second-order valence-corrected chi connectivity index (χ2v) is 10.8. The molecule has 0 bridgehead atoms. The number of sulfonamides is 1. The third kappa shape index (κ3) is 4.38. The van der Waals surface area contributed by atoms with Crippen molar-refractivity contribution in [1.82, 2.24) is 4.72 Å². The maximum atomic E-state index is 13.3. The highest BCUT2D eigenvalue weighted by Gasteiger charge is 2.45. The average molecular weight is 460 g/mol. The molecule has 0 radical (unpaired) electrons. The van der Waals surface area contributed by atoms with Crippen LogP contribution in [-0.2, 0) is 21.2 Å². The fraction of sp³-hybridized carbons (Fsp3) is 0.458. The summed E-state index contributed by atoms with van der Waals surface area (Å²) < 4.78 is 42.2. The van der Waals surface area contributed by atoms with E-state index in [1.807, 2.05) is 13.0 Å². The van der Waals surface area contributed by atoms with E-state index >= 15 is 0 Å². The zero-order valence-corrected chi connectivity index (χ0v) is 19.1. The van der Waals surface area contributed by atoms with Crippen LogP contribution >= 0.6 is 0 Å². The van der Waals surface area contributed by atoms with Gasteiger partial charge in [-0.3, -0.25) is 4.79 Å². The Morgan fingerprint density at radius 2 is 1.88 bits per heavy atom. The van der Waals surface area contributed by atoms with Gasteiger partial charge in [0, 0.05) is 18.3 Å². The number of halogens is 1. The summed E-state index contributed by atoms with van der Waals surface area (Å²) in [6.45, 7) is 2.77. The van der Waals surface area contributed by atoms with E-state index in [-0.39, 0.29) is 22.7 Å². The molecule has 0 spiro atoms. The molecule has 172 valence electrons. The average Bonchev–Trinajstić information content (AvgIpc) is 2.79. The van der Waals surface area contributed by atoms with Gasteiger partial charge in [-0.25, -0.2) is 17.5 Å². The molecule has 1 aliphatic carbocycles. The lowest BCUT2D eigenvalue weighted by atomic mass is 9.63. The molecule has 1 heterocycles. The maximum Gasteiger partial charge on any atom is 0.240 e. The molecule has 2 aliphatic rings. The molecule has 8 heteroatoms. The molecule has 1 saturated carbocycles. The Hall–Kier alpha value is -2.45. The van der Waals surface area contributed by atoms with Crippen molar-refractivity contribution in [3.05, 3.63) is 59.4 Å². The number of primary amides is 1. The van der Waals surface area contributed by atoms with Crippen LogP contribution in [0.15, 0.2) is 47.4 Å². The first kappa shape index (κ1) is 22.7. The maximum absolute atomic E-state index is 13.3. The number of hydrogen-bond donors (Lipinski definition) is 3. The van der Waals surface area contributed by atoms with E-state index in [9.17, 15) is 17.6 Å². The van der Waals surface area contributed by atoms with Crippen LogP contribution in [0, 0.1) is 11.2 Å². The van der Waals surface area contributed by atoms with E-state index in [0.29, 0.717) is 25.7 Å². The SMILES string of the molecule is C[C@H](c1ccc(F)cc1)C1(C(N)=O)CCC(NS(=O)(=O)c2ccc3c(c2)NCCC3)CC1. The van der Waals surface area contributed by atoms with Gasteiger partial charge in [0.1, 0.15) is 5.82 Å². The number of fused-ring (bicyclic) bond motifs is 1. The van der Waals surface area contributed by atoms with Crippen LogP contribution in [0.3, 0.4) is 0 Å². The molecule has 6 nitrogen and oxygen atoms in total. The number of anilines is 1. The third-order valence-corrected chi connectivity index (χ3v) is 8.74. The topological polar surface area (TPSA) is 101 Å². The second-order valence-electron chi connectivity index (χ2n) is 9.04. The van der Waals surface area contributed by atoms with Crippen LogP contribution in [0.4, 0.5) is 10.1 Å². The van der Waals surface area contributed by atoms with Gasteiger partial charge in [0.15, 0.2) is 0 Å². The molecule has 4 N–H and O–H groups in total. The first-order valence-corrected chi connectivity index (χ1v) is 12.6. The van der Waals surface area contributed by atoms with Gasteiger partial charge in [-0.1, -0.05) is 25.1 Å². The number of carbonyl (C=O) groups is 1. The smallest absolute Gasteiger partial charge is 0.240 e. The molecule has 1 amide bonds. The summed E-state index contributed by atoms with van der Waals surface area (Å²) in [6, 6.07) is 11.1. The van der Waals surface area contributed by atoms with Crippen LogP contribution in [0.2, 0.25) is 0 Å². The summed E-state index contributed by atoms with van der Waals surface area (Å²) in [6.07, 6.45) is 3.95. The number of benzene rings is 2. The Labute approximate surface area is 188 Å². The Morgan fingerprint density at radius 1 is 1.19 bits per heavy atom. The van der Waals surface area contributed by atoms with Crippen molar-refractivity contribution in [1.29, 1.82) is 0 Å². The Bertz CT molecular complexity index is 1090. The number of nitrogens with two attached hydrogens (primary N) is 1. The van der Waals surface area contributed by atoms with E-state index in [4.69, 9.17) is 5.73 Å². The van der Waals surface area contributed by atoms with Gasteiger partial charge in [-0.05, 0) is 79.8 Å². The summed E-state index contributed by atoms with van der Waals surface area (Å²) in [5, 5.41) is 3.27. The first-order valence-electron chi connectivity index (χ1n) is 11.2. The molecule has 1 aliphatic heterocycles. The lowest BCUT2D eigenvalue weighted by molar-refractivity contribution is -0.131. The Balaban J connectivity index is 1.47. The lowest BCUT2D eigenvalue weighted by Crippen LogP contribution is -2.48. The highest BCUT2D eigenvalue weighted by atomic mass is 32.2. The second kappa shape index (κ2) is 8.83. The fourth-order valence-electron chi connectivity index (χ4n) is 5.11. The number of amides is 1. The zero-order chi connectivity index (χ0) is 22.9. The molecule has 2 aromatic carbocycles. The summed E-state index contributed by atoms with van der Waals surface area (Å²) in [5.74, 6) is -0.911. The van der Waals surface area contributed by atoms with E-state index in [1.54, 1.807) is 24.3 Å². The van der Waals surface area contributed by atoms with Crippen molar-refractivity contribution in [3.8, 4) is 0 Å². The summed E-state index contributed by atoms with van der Waals surface area (Å²) in [5.41, 5.74) is 7.92. The number of aryl methyl sites for hydroxylation is 1. The van der Waals surface area contributed by atoms with Crippen LogP contribution in [0.5, 0.6) is 0 Å². The molecule has 1 fully saturated rings. The lowest BCUT2D eigenvalue weighted by Gasteiger charge is -2.42. The number of rotatable bonds is 6. The molecule has 32 heavy (non-hydrogen) atoms. The van der Waals surface area contributed by atoms with Gasteiger partial charge in [0.25, 0.3) is 0 Å². The monoisotopic (exact) mass is 459 g/mol. The van der Waals surface area contributed by atoms with Gasteiger partial charge in [-0.15, -0.1) is 0 Å². The molecule has 0 saturated heterocycles. The third-order valence-electron chi connectivity index (χ3n) is 7.22. The predicted octanol–water partition coefficient (Wildman–Crippen LogP) is 3.68. The van der Waals surface area contributed by atoms with E-state index in [2.05, 4.69) is 10.0 Å². The van der Waals surface area contributed by atoms with Gasteiger partial charge in [0.05, 0.1) is 10.3 Å². The van der Waals surface area contributed by atoms with Crippen molar-refractivity contribution in [2.75, 3.05) is 11.9 Å². The predicted molar refractivity (Wildman–Crippen MR) is 122 cm³/mol. The van der Waals surface area contributed by atoms with Crippen LogP contribution in [0.25, 0.3) is 0 Å². The molecular formula is C24H30FN3O3S. The molecular weight excluding hydrogens is 429 g/mol. The molecule has 1 atom stereocenters. The van der Waals surface area contributed by atoms with E-state index < -0.39 is 21.3 Å². The van der Waals surface area contributed by atoms with Crippen LogP contribution in [0.1, 0.15) is 56.1 Å². The van der Waals surface area contributed by atoms with E-state index in [0.717, 1.165) is 36.2 Å². The molecule has 2 aromatic rings. The highest BCUT2D eigenvalue weighted by molar-refractivity contribution is 7.89. The standard InChI is InChI=1S/C24H30FN3O3S/c1-16(17-4-7-19(25)8-5-17)24(23(26)29)12-10-20(11-13-24)28-32(30,31)21-9-6-18-3-2-14-27-22(18)15-21/h4-9,15-16,20,27-28H,2-3,10-14H2,1H3,(H2,26,29)/t16-,20?,24?/m1/s1. The normalized spacial score (nSPS) is 24.2. The van der Waals surface area contributed by atoms with Gasteiger partial charge >= 0.3 is 0 Å². The van der Waals surface area contributed by atoms with Crippen LogP contribution < -0.4 is 15.8 Å². The minimum atomic E-state index is -3.68. The van der Waals surface area contributed by atoms with Crippen molar-refractivity contribution < 1.29 is 17.6 Å². The van der Waals surface area contributed by atoms with Gasteiger partial charge < -0.3 is 11.1 Å². The van der Waals surface area contributed by atoms with E-state index in [1.165, 1.54) is 12.1 Å². The minimum Gasteiger partial charge on any atom is -0.385 e. The highest BCUT2D eigenvalue weighted by Crippen LogP contribution is 2.47. The number of hydrogen-bond acceptors (Lipinski definition) is 4. The number of nitrogens with one attached hydrogen (secondary N) is 2. The zero-order valence-electron chi connectivity index (χ0n) is 18.2. The summed E-state index contributed by atoms with van der Waals surface area (Å²) >= 11 is 0. The Kier molecular flexibility index (Phi) is 6.27. The summed E-state index contributed by atoms with van der Waals surface area (Å²) in [4.78, 5) is 12.8. The molecule has 0 unspecified atom stereocenters. The molecule has 4 rings (SSSR count). The van der Waals surface area contributed by atoms with Gasteiger partial charge in [-0.2, -0.15) is 0 Å². The number of carbonyl (C=O) groups excluding carboxylic acids is 1. The quantitative estimate of drug-likeness (QED) is 0.613. The van der Waals surface area contributed by atoms with Crippen molar-refractivity contribution in [2.24, 2.45) is 11.1 Å². The van der Waals surface area contributed by atoms with Gasteiger partial charge in [0.2, 0.25) is 15.9 Å². The van der Waals surface area contributed by atoms with Crippen molar-refractivity contribution in [3.63, 3.8) is 0 Å². The Morgan fingerprint density at radius 3 is 2.53 bits per heavy atom. The molecule has 0 aromatic heterocycles. The van der Waals surface area contributed by atoms with Crippen molar-refractivity contribution in [2.45, 2.75) is 62.3 Å². The van der Waals surface area contributed by atoms with Crippen LogP contribution in [-0.4, -0.2) is 26.9 Å². The first-order chi connectivity index (χ1) is 15.2. The largest absolute Gasteiger partial charge is 0.385 e. The summed E-state index contributed by atoms with van der Waals surface area (Å²) in [7, 11) is -3.68. The fourth-order valence-corrected chi connectivity index (χ4v) is 6.44.